The minimum Gasteiger partial charge on any atom is -0.460 e. The van der Waals surface area contributed by atoms with Crippen molar-refractivity contribution in [1.29, 1.82) is 0 Å². The highest BCUT2D eigenvalue weighted by molar-refractivity contribution is 6.05. The van der Waals surface area contributed by atoms with Crippen LogP contribution in [0.3, 0.4) is 0 Å². The zero-order valence-electron chi connectivity index (χ0n) is 25.5. The van der Waals surface area contributed by atoms with Gasteiger partial charge < -0.3 is 29.7 Å². The number of nitrogens with zero attached hydrogens (tertiary/aromatic N) is 2. The van der Waals surface area contributed by atoms with Crippen molar-refractivity contribution in [1.82, 2.24) is 10.2 Å². The van der Waals surface area contributed by atoms with E-state index in [2.05, 4.69) is 18.5 Å². The van der Waals surface area contributed by atoms with Gasteiger partial charge in [0.05, 0.1) is 24.5 Å². The Bertz CT molecular complexity index is 1250. The van der Waals surface area contributed by atoms with E-state index in [0.29, 0.717) is 38.5 Å². The molecule has 0 aliphatic carbocycles. The fourth-order valence-corrected chi connectivity index (χ4v) is 6.83. The molecule has 43 heavy (non-hydrogen) atoms. The van der Waals surface area contributed by atoms with Crippen molar-refractivity contribution < 1.29 is 33.8 Å². The van der Waals surface area contributed by atoms with Gasteiger partial charge in [0.25, 0.3) is 5.91 Å². The molecule has 10 nitrogen and oxygen atoms in total. The highest BCUT2D eigenvalue weighted by Gasteiger charge is 2.75. The number of carbonyl (C=O) groups is 4. The molecule has 0 radical (unpaired) electrons. The van der Waals surface area contributed by atoms with Crippen molar-refractivity contribution in [3.63, 3.8) is 0 Å². The minimum absolute atomic E-state index is 0.0319. The van der Waals surface area contributed by atoms with Crippen LogP contribution in [0.25, 0.3) is 0 Å². The molecule has 6 atom stereocenters. The third kappa shape index (κ3) is 6.40. The molecular weight excluding hydrogens is 550 g/mol. The number of likely N-dealkylation sites (tertiary alicyclic amines) is 1. The predicted molar refractivity (Wildman–Crippen MR) is 162 cm³/mol. The van der Waals surface area contributed by atoms with Gasteiger partial charge >= 0.3 is 5.97 Å². The number of carbonyl (C=O) groups excluding carboxylic acids is 4. The summed E-state index contributed by atoms with van der Waals surface area (Å²) in [4.78, 5) is 57.6. The number of allylic oxidation sites excluding steroid dienone is 1. The highest BCUT2D eigenvalue weighted by Crippen LogP contribution is 2.59. The van der Waals surface area contributed by atoms with Crippen LogP contribution in [-0.4, -0.2) is 83.8 Å². The standard InChI is InChI=1S/C33H45N3O7/c1-6-8-11-26(38)34-20-23(5)42-32(41)27-25-14-15-33(43-25)28(27)30(39)36(17-9-10-18-37)29(33)31(40)35(16-7-2)24-19-21(3)12-13-22(24)4/h6-7,12-13,19,23,25,27-29,37H,1-2,8-11,14-18,20H2,3-5H3,(H,34,38)/t23-,25+,27-,28-,29+,33-/m0/s1. The van der Waals surface area contributed by atoms with Gasteiger partial charge in [-0.1, -0.05) is 24.3 Å². The van der Waals surface area contributed by atoms with Gasteiger partial charge in [-0.3, -0.25) is 19.2 Å². The molecule has 0 unspecified atom stereocenters. The van der Waals surface area contributed by atoms with E-state index in [0.717, 1.165) is 16.8 Å². The number of nitrogens with one attached hydrogen (secondary N) is 1. The smallest absolute Gasteiger partial charge is 0.312 e. The number of rotatable bonds is 15. The number of amides is 3. The van der Waals surface area contributed by atoms with E-state index in [1.165, 1.54) is 0 Å². The van der Waals surface area contributed by atoms with E-state index < -0.39 is 41.7 Å². The lowest BCUT2D eigenvalue weighted by atomic mass is 9.70. The number of unbranched alkanes of at least 4 members (excludes halogenated alkanes) is 1. The molecule has 3 aliphatic heterocycles. The van der Waals surface area contributed by atoms with Crippen molar-refractivity contribution in [2.24, 2.45) is 11.8 Å². The molecule has 3 heterocycles. The molecule has 1 spiro atoms. The molecule has 0 aromatic heterocycles. The number of aliphatic hydroxyl groups excluding tert-OH is 1. The average Bonchev–Trinajstić information content (AvgIpc) is 3.62. The van der Waals surface area contributed by atoms with Crippen LogP contribution in [0.5, 0.6) is 0 Å². The van der Waals surface area contributed by atoms with Crippen molar-refractivity contribution in [3.05, 3.63) is 54.6 Å². The molecule has 1 aromatic rings. The number of aliphatic hydroxyl groups is 1. The maximum atomic E-state index is 14.6. The second kappa shape index (κ2) is 13.9. The monoisotopic (exact) mass is 595 g/mol. The molecule has 3 aliphatic rings. The number of hydrogen-bond acceptors (Lipinski definition) is 7. The summed E-state index contributed by atoms with van der Waals surface area (Å²) < 4.78 is 12.3. The molecule has 0 saturated carbocycles. The quantitative estimate of drug-likeness (QED) is 0.181. The van der Waals surface area contributed by atoms with Gasteiger partial charge in [-0.25, -0.2) is 0 Å². The van der Waals surface area contributed by atoms with Crippen molar-refractivity contribution in [2.75, 3.05) is 31.1 Å². The summed E-state index contributed by atoms with van der Waals surface area (Å²) in [6, 6.07) is 4.95. The van der Waals surface area contributed by atoms with Gasteiger partial charge in [-0.15, -0.1) is 13.2 Å². The van der Waals surface area contributed by atoms with Gasteiger partial charge in [-0.05, 0) is 70.1 Å². The fraction of sp³-hybridized carbons (Fsp3) is 0.576. The van der Waals surface area contributed by atoms with Crippen LogP contribution in [-0.2, 0) is 28.7 Å². The Kier molecular flexibility index (Phi) is 10.4. The normalized spacial score (nSPS) is 26.1. The number of esters is 1. The number of benzene rings is 1. The van der Waals surface area contributed by atoms with Gasteiger partial charge in [0.15, 0.2) is 0 Å². The summed E-state index contributed by atoms with van der Waals surface area (Å²) in [5, 5.41) is 12.2. The Morgan fingerprint density at radius 3 is 2.72 bits per heavy atom. The Morgan fingerprint density at radius 2 is 2.02 bits per heavy atom. The van der Waals surface area contributed by atoms with Crippen molar-refractivity contribution >= 4 is 29.4 Å². The van der Waals surface area contributed by atoms with E-state index in [1.54, 1.807) is 28.9 Å². The highest BCUT2D eigenvalue weighted by atomic mass is 16.6. The number of fused-ring (bicyclic) bond motifs is 1. The molecule has 2 bridgehead atoms. The Balaban J connectivity index is 1.62. The van der Waals surface area contributed by atoms with Crippen LogP contribution in [0.2, 0.25) is 0 Å². The lowest BCUT2D eigenvalue weighted by molar-refractivity contribution is -0.159. The average molecular weight is 596 g/mol. The first-order chi connectivity index (χ1) is 20.6. The van der Waals surface area contributed by atoms with E-state index >= 15 is 0 Å². The van der Waals surface area contributed by atoms with E-state index in [-0.39, 0.29) is 44.0 Å². The molecule has 2 N–H and O–H groups in total. The van der Waals surface area contributed by atoms with Gasteiger partial charge in [0, 0.05) is 31.8 Å². The number of anilines is 1. The minimum atomic E-state index is -1.17. The van der Waals surface area contributed by atoms with Crippen LogP contribution >= 0.6 is 0 Å². The molecule has 3 amide bonds. The lowest BCUT2D eigenvalue weighted by Gasteiger charge is -2.37. The Morgan fingerprint density at radius 1 is 1.26 bits per heavy atom. The summed E-state index contributed by atoms with van der Waals surface area (Å²) in [6.07, 6.45) is 4.98. The van der Waals surface area contributed by atoms with E-state index in [1.807, 2.05) is 32.0 Å². The van der Waals surface area contributed by atoms with Gasteiger partial charge in [0.1, 0.15) is 17.7 Å². The van der Waals surface area contributed by atoms with E-state index in [4.69, 9.17) is 9.47 Å². The zero-order valence-corrected chi connectivity index (χ0v) is 25.5. The van der Waals surface area contributed by atoms with Crippen molar-refractivity contribution in [3.8, 4) is 0 Å². The van der Waals surface area contributed by atoms with Crippen LogP contribution in [0.4, 0.5) is 5.69 Å². The molecule has 3 fully saturated rings. The van der Waals surface area contributed by atoms with Crippen LogP contribution in [0, 0.1) is 25.7 Å². The lowest BCUT2D eigenvalue weighted by Crippen LogP contribution is -2.56. The largest absolute Gasteiger partial charge is 0.460 e. The molecule has 3 saturated heterocycles. The second-order valence-electron chi connectivity index (χ2n) is 11.9. The topological polar surface area (TPSA) is 125 Å². The first-order valence-corrected chi connectivity index (χ1v) is 15.3. The van der Waals surface area contributed by atoms with Crippen molar-refractivity contribution in [2.45, 2.75) is 83.1 Å². The van der Waals surface area contributed by atoms with Crippen LogP contribution < -0.4 is 10.2 Å². The first-order valence-electron chi connectivity index (χ1n) is 15.3. The number of ether oxygens (including phenoxy) is 2. The van der Waals surface area contributed by atoms with Crippen LogP contribution in [0.1, 0.15) is 56.6 Å². The number of aryl methyl sites for hydroxylation is 2. The summed E-state index contributed by atoms with van der Waals surface area (Å²) in [5.41, 5.74) is 1.48. The molecular formula is C33H45N3O7. The first kappa shape index (κ1) is 32.4. The molecule has 234 valence electrons. The zero-order chi connectivity index (χ0) is 31.3. The molecule has 1 aromatic carbocycles. The van der Waals surface area contributed by atoms with Gasteiger partial charge in [0.2, 0.25) is 11.8 Å². The Labute approximate surface area is 254 Å². The SMILES string of the molecule is C=CCCC(=O)NC[C@H](C)OC(=O)[C@@H]1[C@H]2C(=O)N(CCCCO)[C@H](C(=O)N(CC=C)c3cc(C)ccc3C)[C@]23CC[C@H]1O3. The predicted octanol–water partition coefficient (Wildman–Crippen LogP) is 2.98. The summed E-state index contributed by atoms with van der Waals surface area (Å²) >= 11 is 0. The maximum absolute atomic E-state index is 14.6. The summed E-state index contributed by atoms with van der Waals surface area (Å²) in [7, 11) is 0. The fourth-order valence-electron chi connectivity index (χ4n) is 6.83. The second-order valence-corrected chi connectivity index (χ2v) is 11.9. The number of hydrogen-bond donors (Lipinski definition) is 2. The third-order valence-corrected chi connectivity index (χ3v) is 8.83. The van der Waals surface area contributed by atoms with Crippen LogP contribution in [0.15, 0.2) is 43.5 Å². The Hall–Kier alpha value is -3.50. The molecule has 4 rings (SSSR count). The maximum Gasteiger partial charge on any atom is 0.312 e. The van der Waals surface area contributed by atoms with E-state index in [9.17, 15) is 24.3 Å². The summed E-state index contributed by atoms with van der Waals surface area (Å²) in [5.74, 6) is -3.02. The summed E-state index contributed by atoms with van der Waals surface area (Å²) in [6.45, 7) is 13.7. The van der Waals surface area contributed by atoms with Gasteiger partial charge in [-0.2, -0.15) is 0 Å². The third-order valence-electron chi connectivity index (χ3n) is 8.83. The molecule has 10 heteroatoms.